The summed E-state index contributed by atoms with van der Waals surface area (Å²) in [5.74, 6) is -0.877. The molecule has 0 radical (unpaired) electrons. The lowest BCUT2D eigenvalue weighted by atomic mass is 10.0. The van der Waals surface area contributed by atoms with Gasteiger partial charge in [-0.1, -0.05) is 29.8 Å². The van der Waals surface area contributed by atoms with Gasteiger partial charge in [-0.2, -0.15) is 0 Å². The molecule has 2 aromatic rings. The van der Waals surface area contributed by atoms with E-state index in [9.17, 15) is 9.18 Å². The number of carbonyl (C=O) groups is 1. The Morgan fingerprint density at radius 1 is 1.17 bits per heavy atom. The van der Waals surface area contributed by atoms with Crippen LogP contribution in [0.1, 0.15) is 15.9 Å². The molecule has 0 aliphatic rings. The second-order valence-electron chi connectivity index (χ2n) is 3.82. The van der Waals surface area contributed by atoms with E-state index in [1.807, 2.05) is 24.3 Å². The first-order chi connectivity index (χ1) is 8.58. The average molecular weight is 375 g/mol. The van der Waals surface area contributed by atoms with Crippen LogP contribution in [-0.2, 0) is 6.42 Å². The van der Waals surface area contributed by atoms with Crippen molar-refractivity contribution in [2.24, 2.45) is 0 Å². The van der Waals surface area contributed by atoms with Gasteiger partial charge in [0.1, 0.15) is 5.82 Å². The van der Waals surface area contributed by atoms with Crippen molar-refractivity contribution < 1.29 is 9.18 Å². The number of halogens is 3. The summed E-state index contributed by atoms with van der Waals surface area (Å²) in [5, 5.41) is 0.158. The lowest BCUT2D eigenvalue weighted by Crippen LogP contribution is -2.07. The highest BCUT2D eigenvalue weighted by molar-refractivity contribution is 14.1. The van der Waals surface area contributed by atoms with Crippen LogP contribution in [-0.4, -0.2) is 5.78 Å². The third kappa shape index (κ3) is 3.09. The molecule has 0 fully saturated rings. The van der Waals surface area contributed by atoms with Crippen molar-refractivity contribution in [3.05, 3.63) is 68.0 Å². The summed E-state index contributed by atoms with van der Waals surface area (Å²) < 4.78 is 14.7. The molecule has 2 rings (SSSR count). The van der Waals surface area contributed by atoms with Crippen LogP contribution in [0.4, 0.5) is 4.39 Å². The number of hydrogen-bond donors (Lipinski definition) is 0. The van der Waals surface area contributed by atoms with Crippen molar-refractivity contribution in [2.45, 2.75) is 6.42 Å². The summed E-state index contributed by atoms with van der Waals surface area (Å²) in [5.41, 5.74) is 0.817. The molecule has 0 bridgehead atoms. The largest absolute Gasteiger partial charge is 0.294 e. The predicted octanol–water partition coefficient (Wildman–Crippen LogP) is 4.51. The van der Waals surface area contributed by atoms with E-state index >= 15 is 0 Å². The number of benzene rings is 2. The lowest BCUT2D eigenvalue weighted by molar-refractivity contribution is 0.0989. The van der Waals surface area contributed by atoms with E-state index in [4.69, 9.17) is 11.6 Å². The quantitative estimate of drug-likeness (QED) is 0.571. The van der Waals surface area contributed by atoms with Crippen LogP contribution in [0.3, 0.4) is 0 Å². The predicted molar refractivity (Wildman–Crippen MR) is 78.6 cm³/mol. The maximum absolute atomic E-state index is 13.6. The SMILES string of the molecule is O=C(Cc1ccc(I)cc1)c1c(F)cccc1Cl. The van der Waals surface area contributed by atoms with Gasteiger partial charge in [0.15, 0.2) is 5.78 Å². The molecule has 0 aliphatic heterocycles. The molecule has 0 saturated carbocycles. The number of ketones is 1. The van der Waals surface area contributed by atoms with Gasteiger partial charge in [-0.3, -0.25) is 4.79 Å². The topological polar surface area (TPSA) is 17.1 Å². The van der Waals surface area contributed by atoms with E-state index in [-0.39, 0.29) is 22.8 Å². The summed E-state index contributed by atoms with van der Waals surface area (Å²) in [7, 11) is 0. The number of hydrogen-bond acceptors (Lipinski definition) is 1. The first kappa shape index (κ1) is 13.5. The zero-order valence-electron chi connectivity index (χ0n) is 9.29. The van der Waals surface area contributed by atoms with Gasteiger partial charge in [0.25, 0.3) is 0 Å². The van der Waals surface area contributed by atoms with Gasteiger partial charge in [-0.15, -0.1) is 0 Å². The number of carbonyl (C=O) groups excluding carboxylic acids is 1. The third-order valence-corrected chi connectivity index (χ3v) is 3.55. The van der Waals surface area contributed by atoms with Crippen molar-refractivity contribution in [2.75, 3.05) is 0 Å². The molecule has 0 atom stereocenters. The van der Waals surface area contributed by atoms with Gasteiger partial charge < -0.3 is 0 Å². The van der Waals surface area contributed by atoms with E-state index < -0.39 is 5.82 Å². The number of rotatable bonds is 3. The molecule has 0 heterocycles. The summed E-state index contributed by atoms with van der Waals surface area (Å²) in [6, 6.07) is 11.8. The van der Waals surface area contributed by atoms with Crippen LogP contribution in [0, 0.1) is 9.39 Å². The molecule has 0 spiro atoms. The Morgan fingerprint density at radius 3 is 2.44 bits per heavy atom. The van der Waals surface area contributed by atoms with Crippen molar-refractivity contribution in [3.8, 4) is 0 Å². The first-order valence-electron chi connectivity index (χ1n) is 5.29. The van der Waals surface area contributed by atoms with Crippen LogP contribution in [0.25, 0.3) is 0 Å². The number of Topliss-reactive ketones (excluding diaryl/α,β-unsaturated/α-hetero) is 1. The van der Waals surface area contributed by atoms with Crippen LogP contribution < -0.4 is 0 Å². The van der Waals surface area contributed by atoms with Gasteiger partial charge >= 0.3 is 0 Å². The monoisotopic (exact) mass is 374 g/mol. The lowest BCUT2D eigenvalue weighted by Gasteiger charge is -2.05. The van der Waals surface area contributed by atoms with E-state index in [1.54, 1.807) is 0 Å². The Hall–Kier alpha value is -0.940. The smallest absolute Gasteiger partial charge is 0.171 e. The fourth-order valence-corrected chi connectivity index (χ4v) is 2.27. The van der Waals surface area contributed by atoms with Crippen LogP contribution in [0.5, 0.6) is 0 Å². The Kier molecular flexibility index (Phi) is 4.35. The van der Waals surface area contributed by atoms with E-state index in [0.29, 0.717) is 0 Å². The average Bonchev–Trinajstić information content (AvgIpc) is 2.32. The van der Waals surface area contributed by atoms with Crippen molar-refractivity contribution in [1.29, 1.82) is 0 Å². The standard InChI is InChI=1S/C14H9ClFIO/c15-11-2-1-3-12(16)14(11)13(18)8-9-4-6-10(17)7-5-9/h1-7H,8H2. The van der Waals surface area contributed by atoms with E-state index in [0.717, 1.165) is 9.13 Å². The third-order valence-electron chi connectivity index (χ3n) is 2.52. The molecule has 0 aromatic heterocycles. The van der Waals surface area contributed by atoms with Gasteiger partial charge in [0.05, 0.1) is 10.6 Å². The van der Waals surface area contributed by atoms with Gasteiger partial charge in [0, 0.05) is 9.99 Å². The van der Waals surface area contributed by atoms with Crippen LogP contribution in [0.2, 0.25) is 5.02 Å². The maximum atomic E-state index is 13.6. The highest BCUT2D eigenvalue weighted by Gasteiger charge is 2.15. The Labute approximate surface area is 123 Å². The highest BCUT2D eigenvalue weighted by atomic mass is 127. The van der Waals surface area contributed by atoms with Crippen LogP contribution >= 0.6 is 34.2 Å². The summed E-state index contributed by atoms with van der Waals surface area (Å²) in [6.07, 6.45) is 0.150. The van der Waals surface area contributed by atoms with Crippen LogP contribution in [0.15, 0.2) is 42.5 Å². The minimum Gasteiger partial charge on any atom is -0.294 e. The Balaban J connectivity index is 2.25. The second-order valence-corrected chi connectivity index (χ2v) is 5.48. The molecular formula is C14H9ClFIO. The maximum Gasteiger partial charge on any atom is 0.171 e. The molecule has 18 heavy (non-hydrogen) atoms. The zero-order chi connectivity index (χ0) is 13.1. The molecule has 0 amide bonds. The molecule has 0 N–H and O–H groups in total. The minimum atomic E-state index is -0.571. The molecule has 4 heteroatoms. The van der Waals surface area contributed by atoms with E-state index in [1.165, 1.54) is 18.2 Å². The minimum absolute atomic E-state index is 0.0299. The Morgan fingerprint density at radius 2 is 1.83 bits per heavy atom. The molecule has 92 valence electrons. The summed E-state index contributed by atoms with van der Waals surface area (Å²) in [6.45, 7) is 0. The molecule has 2 aromatic carbocycles. The van der Waals surface area contributed by atoms with Gasteiger partial charge in [-0.05, 0) is 52.4 Å². The van der Waals surface area contributed by atoms with Crippen molar-refractivity contribution in [3.63, 3.8) is 0 Å². The summed E-state index contributed by atoms with van der Waals surface area (Å²) >= 11 is 8.04. The first-order valence-corrected chi connectivity index (χ1v) is 6.75. The van der Waals surface area contributed by atoms with Crippen molar-refractivity contribution in [1.82, 2.24) is 0 Å². The second kappa shape index (κ2) is 5.80. The molecule has 1 nitrogen and oxygen atoms in total. The summed E-state index contributed by atoms with van der Waals surface area (Å²) in [4.78, 5) is 12.0. The van der Waals surface area contributed by atoms with Gasteiger partial charge in [-0.25, -0.2) is 4.39 Å². The van der Waals surface area contributed by atoms with Crippen molar-refractivity contribution >= 4 is 40.0 Å². The van der Waals surface area contributed by atoms with E-state index in [2.05, 4.69) is 22.6 Å². The fourth-order valence-electron chi connectivity index (χ4n) is 1.64. The molecular weight excluding hydrogens is 366 g/mol. The molecule has 0 saturated heterocycles. The molecule has 0 unspecified atom stereocenters. The zero-order valence-corrected chi connectivity index (χ0v) is 12.2. The highest BCUT2D eigenvalue weighted by Crippen LogP contribution is 2.21. The fraction of sp³-hybridized carbons (Fsp3) is 0.0714. The Bertz CT molecular complexity index is 561. The van der Waals surface area contributed by atoms with Gasteiger partial charge in [0.2, 0.25) is 0 Å². The normalized spacial score (nSPS) is 10.4. The molecule has 0 aliphatic carbocycles.